The Morgan fingerprint density at radius 1 is 1.22 bits per heavy atom. The normalized spacial score (nSPS) is 16.5. The van der Waals surface area contributed by atoms with Crippen LogP contribution in [0, 0.1) is 0 Å². The summed E-state index contributed by atoms with van der Waals surface area (Å²) in [6, 6.07) is 11.0. The molecule has 2 aromatic carbocycles. The van der Waals surface area contributed by atoms with Crippen molar-refractivity contribution in [2.45, 2.75) is 32.5 Å². The van der Waals surface area contributed by atoms with Crippen molar-refractivity contribution in [1.29, 1.82) is 0 Å². The summed E-state index contributed by atoms with van der Waals surface area (Å²) in [5.41, 5.74) is 3.67. The van der Waals surface area contributed by atoms with E-state index in [9.17, 15) is 9.90 Å². The van der Waals surface area contributed by atoms with E-state index in [1.165, 1.54) is 0 Å². The summed E-state index contributed by atoms with van der Waals surface area (Å²) in [6.07, 6.45) is 0.172. The molecule has 1 aliphatic heterocycles. The fraction of sp³-hybridized carbons (Fsp3) is 0.278. The maximum atomic E-state index is 12.7. The molecule has 3 rings (SSSR count). The number of hydrogen-bond acceptors (Lipinski definition) is 2. The first-order chi connectivity index (χ1) is 11.0. The zero-order valence-corrected chi connectivity index (χ0v) is 14.2. The van der Waals surface area contributed by atoms with Gasteiger partial charge in [-0.3, -0.25) is 4.79 Å². The number of benzene rings is 2. The van der Waals surface area contributed by atoms with Crippen molar-refractivity contribution in [3.8, 4) is 0 Å². The van der Waals surface area contributed by atoms with Gasteiger partial charge in [0, 0.05) is 16.6 Å². The summed E-state index contributed by atoms with van der Waals surface area (Å²) < 4.78 is 0. The maximum Gasteiger partial charge on any atom is 0.227 e. The molecule has 0 saturated carbocycles. The Kier molecular flexibility index (Phi) is 4.62. The number of carbonyl (C=O) groups excluding carboxylic acids is 1. The van der Waals surface area contributed by atoms with Crippen LogP contribution in [-0.4, -0.2) is 15.9 Å². The monoisotopic (exact) mass is 349 g/mol. The number of amides is 1. The SMILES string of the molecule is C[C@@H]1c2cccc(CO)c2CN1C(=O)Cc1c(Cl)cccc1Cl. The van der Waals surface area contributed by atoms with Crippen molar-refractivity contribution in [2.24, 2.45) is 0 Å². The van der Waals surface area contributed by atoms with E-state index in [0.717, 1.165) is 16.7 Å². The molecule has 0 saturated heterocycles. The number of aliphatic hydroxyl groups is 1. The van der Waals surface area contributed by atoms with Crippen molar-refractivity contribution < 1.29 is 9.90 Å². The molecule has 1 atom stereocenters. The predicted octanol–water partition coefficient (Wildman–Crippen LogP) is 4.13. The zero-order valence-electron chi connectivity index (χ0n) is 12.7. The van der Waals surface area contributed by atoms with E-state index < -0.39 is 0 Å². The van der Waals surface area contributed by atoms with Crippen LogP contribution in [0.2, 0.25) is 10.0 Å². The van der Waals surface area contributed by atoms with Crippen molar-refractivity contribution in [3.63, 3.8) is 0 Å². The van der Waals surface area contributed by atoms with Crippen molar-refractivity contribution in [3.05, 3.63) is 68.7 Å². The van der Waals surface area contributed by atoms with E-state index in [4.69, 9.17) is 23.2 Å². The Hall–Kier alpha value is -1.55. The smallest absolute Gasteiger partial charge is 0.227 e. The molecule has 1 aliphatic rings. The molecular weight excluding hydrogens is 333 g/mol. The van der Waals surface area contributed by atoms with E-state index in [1.807, 2.05) is 30.0 Å². The molecule has 5 heteroatoms. The highest BCUT2D eigenvalue weighted by atomic mass is 35.5. The lowest BCUT2D eigenvalue weighted by molar-refractivity contribution is -0.132. The fourth-order valence-corrected chi connectivity index (χ4v) is 3.65. The minimum absolute atomic E-state index is 0.0196. The molecule has 2 aromatic rings. The van der Waals surface area contributed by atoms with Gasteiger partial charge in [0.15, 0.2) is 0 Å². The van der Waals surface area contributed by atoms with Crippen LogP contribution >= 0.6 is 23.2 Å². The lowest BCUT2D eigenvalue weighted by Crippen LogP contribution is -2.29. The second-order valence-corrected chi connectivity index (χ2v) is 6.53. The van der Waals surface area contributed by atoms with Crippen LogP contribution in [-0.2, 0) is 24.4 Å². The average Bonchev–Trinajstić information content (AvgIpc) is 2.88. The maximum absolute atomic E-state index is 12.7. The molecule has 1 amide bonds. The minimum atomic E-state index is -0.0229. The fourth-order valence-electron chi connectivity index (χ4n) is 3.12. The standard InChI is InChI=1S/C18H17Cl2NO2/c1-11-13-5-2-4-12(10-22)15(13)9-21(11)18(23)8-14-16(19)6-3-7-17(14)20/h2-7,11,22H,8-10H2,1H3/t11-/m1/s1. The Bertz CT molecular complexity index is 740. The van der Waals surface area contributed by atoms with Crippen LogP contribution < -0.4 is 0 Å². The summed E-state index contributed by atoms with van der Waals surface area (Å²) in [7, 11) is 0. The highest BCUT2D eigenvalue weighted by Gasteiger charge is 2.32. The van der Waals surface area contributed by atoms with Gasteiger partial charge in [-0.15, -0.1) is 0 Å². The molecule has 0 aromatic heterocycles. The first-order valence-electron chi connectivity index (χ1n) is 7.46. The summed E-state index contributed by atoms with van der Waals surface area (Å²) in [5, 5.41) is 10.5. The summed E-state index contributed by atoms with van der Waals surface area (Å²) >= 11 is 12.3. The van der Waals surface area contributed by atoms with Gasteiger partial charge in [0.2, 0.25) is 5.91 Å². The lowest BCUT2D eigenvalue weighted by Gasteiger charge is -2.22. The van der Waals surface area contributed by atoms with Crippen LogP contribution in [0.1, 0.15) is 35.2 Å². The van der Waals surface area contributed by atoms with Gasteiger partial charge >= 0.3 is 0 Å². The van der Waals surface area contributed by atoms with Crippen LogP contribution in [0.15, 0.2) is 36.4 Å². The van der Waals surface area contributed by atoms with Gasteiger partial charge < -0.3 is 10.0 Å². The van der Waals surface area contributed by atoms with Crippen molar-refractivity contribution in [2.75, 3.05) is 0 Å². The van der Waals surface area contributed by atoms with E-state index in [1.54, 1.807) is 18.2 Å². The third-order valence-electron chi connectivity index (χ3n) is 4.44. The van der Waals surface area contributed by atoms with Crippen LogP contribution in [0.4, 0.5) is 0 Å². The lowest BCUT2D eigenvalue weighted by atomic mass is 10.0. The van der Waals surface area contributed by atoms with Gasteiger partial charge in [-0.2, -0.15) is 0 Å². The van der Waals surface area contributed by atoms with E-state index in [2.05, 4.69) is 0 Å². The number of hydrogen-bond donors (Lipinski definition) is 1. The molecule has 1 heterocycles. The molecule has 0 fully saturated rings. The first kappa shape index (κ1) is 16.3. The van der Waals surface area contributed by atoms with Crippen LogP contribution in [0.25, 0.3) is 0 Å². The second kappa shape index (κ2) is 6.52. The molecule has 0 aliphatic carbocycles. The molecule has 0 bridgehead atoms. The molecule has 23 heavy (non-hydrogen) atoms. The first-order valence-corrected chi connectivity index (χ1v) is 8.22. The van der Waals surface area contributed by atoms with Gasteiger partial charge in [-0.25, -0.2) is 0 Å². The number of nitrogens with zero attached hydrogens (tertiary/aromatic N) is 1. The van der Waals surface area contributed by atoms with E-state index >= 15 is 0 Å². The van der Waals surface area contributed by atoms with Crippen LogP contribution in [0.3, 0.4) is 0 Å². The van der Waals surface area contributed by atoms with E-state index in [0.29, 0.717) is 22.2 Å². The van der Waals surface area contributed by atoms with Crippen molar-refractivity contribution >= 4 is 29.1 Å². The van der Waals surface area contributed by atoms with Crippen molar-refractivity contribution in [1.82, 2.24) is 4.90 Å². The molecule has 120 valence electrons. The van der Waals surface area contributed by atoms with E-state index in [-0.39, 0.29) is 25.0 Å². The molecule has 0 unspecified atom stereocenters. The summed E-state index contributed by atoms with van der Waals surface area (Å²) in [5.74, 6) is -0.0208. The Morgan fingerprint density at radius 2 is 1.87 bits per heavy atom. The number of aliphatic hydroxyl groups excluding tert-OH is 1. The third-order valence-corrected chi connectivity index (χ3v) is 5.14. The van der Waals surface area contributed by atoms with Gasteiger partial charge in [0.1, 0.15) is 0 Å². The highest BCUT2D eigenvalue weighted by Crippen LogP contribution is 2.36. The summed E-state index contributed by atoms with van der Waals surface area (Å²) in [6.45, 7) is 2.49. The predicted molar refractivity (Wildman–Crippen MR) is 91.5 cm³/mol. The molecule has 1 N–H and O–H groups in total. The Balaban J connectivity index is 1.85. The van der Waals surface area contributed by atoms with Gasteiger partial charge in [-0.1, -0.05) is 47.5 Å². The second-order valence-electron chi connectivity index (χ2n) is 5.72. The number of carbonyl (C=O) groups is 1. The van der Waals surface area contributed by atoms with Gasteiger partial charge in [-0.05, 0) is 41.3 Å². The average molecular weight is 350 g/mol. The molecule has 0 spiro atoms. The molecular formula is C18H17Cl2NO2. The molecule has 3 nitrogen and oxygen atoms in total. The summed E-state index contributed by atoms with van der Waals surface area (Å²) in [4.78, 5) is 14.6. The third kappa shape index (κ3) is 2.97. The van der Waals surface area contributed by atoms with Gasteiger partial charge in [0.05, 0.1) is 19.1 Å². The molecule has 0 radical (unpaired) electrons. The number of rotatable bonds is 3. The number of fused-ring (bicyclic) bond motifs is 1. The topological polar surface area (TPSA) is 40.5 Å². The minimum Gasteiger partial charge on any atom is -0.392 e. The number of halogens is 2. The largest absolute Gasteiger partial charge is 0.392 e. The Labute approximate surface area is 145 Å². The zero-order chi connectivity index (χ0) is 16.6. The van der Waals surface area contributed by atoms with Gasteiger partial charge in [0.25, 0.3) is 0 Å². The highest BCUT2D eigenvalue weighted by molar-refractivity contribution is 6.36. The Morgan fingerprint density at radius 3 is 2.52 bits per heavy atom. The quantitative estimate of drug-likeness (QED) is 0.904. The van der Waals surface area contributed by atoms with Crippen LogP contribution in [0.5, 0.6) is 0 Å².